The fraction of sp³-hybridized carbons (Fsp3) is 0. The number of nitriles is 1. The minimum Gasteiger partial charge on any atom is -0.478 e. The van der Waals surface area contributed by atoms with E-state index in [0.29, 0.717) is 0 Å². The van der Waals surface area contributed by atoms with Gasteiger partial charge in [0.1, 0.15) is 17.4 Å². The summed E-state index contributed by atoms with van der Waals surface area (Å²) in [4.78, 5) is 10.6. The number of carbonyl (C=O) groups is 1. The lowest BCUT2D eigenvalue weighted by atomic mass is 10.1. The van der Waals surface area contributed by atoms with Gasteiger partial charge in [-0.3, -0.25) is 0 Å². The summed E-state index contributed by atoms with van der Waals surface area (Å²) in [6.07, 6.45) is 0. The molecule has 0 saturated heterocycles. The minimum atomic E-state index is -1.41. The third-order valence-electron chi connectivity index (χ3n) is 1.53. The van der Waals surface area contributed by atoms with Gasteiger partial charge in [-0.15, -0.1) is 0 Å². The molecule has 3 N–H and O–H groups in total. The van der Waals surface area contributed by atoms with E-state index >= 15 is 0 Å². The number of nitrogen functional groups attached to an aromatic ring is 1. The van der Waals surface area contributed by atoms with Crippen LogP contribution in [0.5, 0.6) is 0 Å². The van der Waals surface area contributed by atoms with Crippen molar-refractivity contribution in [2.45, 2.75) is 0 Å². The summed E-state index contributed by atoms with van der Waals surface area (Å²) >= 11 is 0. The fourth-order valence-corrected chi connectivity index (χ4v) is 0.918. The average Bonchev–Trinajstić information content (AvgIpc) is 2.08. The summed E-state index contributed by atoms with van der Waals surface area (Å²) in [5.74, 6) is -2.25. The van der Waals surface area contributed by atoms with Crippen molar-refractivity contribution in [2.75, 3.05) is 5.73 Å². The molecule has 1 aromatic rings. The van der Waals surface area contributed by atoms with Gasteiger partial charge in [-0.25, -0.2) is 9.18 Å². The number of halogens is 1. The van der Waals surface area contributed by atoms with E-state index in [0.717, 1.165) is 12.1 Å². The third-order valence-corrected chi connectivity index (χ3v) is 1.53. The van der Waals surface area contributed by atoms with Gasteiger partial charge in [-0.05, 0) is 12.1 Å². The molecule has 0 bridgehead atoms. The molecule has 0 unspecified atom stereocenters. The Labute approximate surface area is 73.0 Å². The summed E-state index contributed by atoms with van der Waals surface area (Å²) in [7, 11) is 0. The number of nitrogens with two attached hydrogens (primary N) is 1. The van der Waals surface area contributed by atoms with Crippen molar-refractivity contribution in [1.82, 2.24) is 0 Å². The molecule has 0 aromatic heterocycles. The van der Waals surface area contributed by atoms with Gasteiger partial charge in [0, 0.05) is 0 Å². The topological polar surface area (TPSA) is 87.1 Å². The summed E-state index contributed by atoms with van der Waals surface area (Å²) < 4.78 is 12.8. The number of aromatic carboxylic acids is 1. The molecule has 0 saturated carbocycles. The molecule has 0 spiro atoms. The van der Waals surface area contributed by atoms with Crippen molar-refractivity contribution < 1.29 is 14.3 Å². The first kappa shape index (κ1) is 9.00. The van der Waals surface area contributed by atoms with Crippen LogP contribution in [0.2, 0.25) is 0 Å². The van der Waals surface area contributed by atoms with Crippen LogP contribution in [0.1, 0.15) is 15.9 Å². The molecule has 0 aliphatic carbocycles. The van der Waals surface area contributed by atoms with E-state index in [9.17, 15) is 9.18 Å². The monoisotopic (exact) mass is 180 g/mol. The molecule has 1 rings (SSSR count). The van der Waals surface area contributed by atoms with Gasteiger partial charge in [0.2, 0.25) is 0 Å². The highest BCUT2D eigenvalue weighted by atomic mass is 19.1. The lowest BCUT2D eigenvalue weighted by molar-refractivity contribution is 0.0697. The van der Waals surface area contributed by atoms with Crippen molar-refractivity contribution in [3.8, 4) is 6.07 Å². The summed E-state index contributed by atoms with van der Waals surface area (Å²) in [5, 5.41) is 17.1. The Morgan fingerprint density at radius 1 is 1.62 bits per heavy atom. The Balaban J connectivity index is 3.53. The smallest absolute Gasteiger partial charge is 0.339 e. The Kier molecular flexibility index (Phi) is 2.15. The fourth-order valence-electron chi connectivity index (χ4n) is 0.918. The molecule has 1 aromatic carbocycles. The molecule has 0 atom stereocenters. The van der Waals surface area contributed by atoms with Crippen molar-refractivity contribution in [3.05, 3.63) is 29.1 Å². The average molecular weight is 180 g/mol. The molecule has 66 valence electrons. The summed E-state index contributed by atoms with van der Waals surface area (Å²) in [6.45, 7) is 0. The van der Waals surface area contributed by atoms with Gasteiger partial charge >= 0.3 is 5.97 Å². The molecule has 0 fully saturated rings. The Hall–Kier alpha value is -2.09. The standard InChI is InChI=1S/C8H5FN2O2/c9-5-2-1-4(3-10)6(7(5)11)8(12)13/h1-2H,11H2,(H,12,13). The van der Waals surface area contributed by atoms with Crippen LogP contribution in [0.3, 0.4) is 0 Å². The maximum absolute atomic E-state index is 12.8. The van der Waals surface area contributed by atoms with E-state index < -0.39 is 23.0 Å². The van der Waals surface area contributed by atoms with E-state index in [1.165, 1.54) is 0 Å². The van der Waals surface area contributed by atoms with Gasteiger partial charge in [-0.2, -0.15) is 5.26 Å². The number of carboxylic acids is 1. The SMILES string of the molecule is N#Cc1ccc(F)c(N)c1C(=O)O. The van der Waals surface area contributed by atoms with Crippen LogP contribution in [0.15, 0.2) is 12.1 Å². The zero-order valence-electron chi connectivity index (χ0n) is 6.41. The van der Waals surface area contributed by atoms with Crippen molar-refractivity contribution in [3.63, 3.8) is 0 Å². The summed E-state index contributed by atoms with van der Waals surface area (Å²) in [6, 6.07) is 3.65. The number of nitrogens with zero attached hydrogens (tertiary/aromatic N) is 1. The molecule has 13 heavy (non-hydrogen) atoms. The lowest BCUT2D eigenvalue weighted by Gasteiger charge is -2.02. The van der Waals surface area contributed by atoms with Gasteiger partial charge in [0.25, 0.3) is 0 Å². The number of hydrogen-bond acceptors (Lipinski definition) is 3. The molecule has 0 heterocycles. The van der Waals surface area contributed by atoms with Crippen molar-refractivity contribution in [2.24, 2.45) is 0 Å². The second kappa shape index (κ2) is 3.11. The van der Waals surface area contributed by atoms with Crippen LogP contribution in [-0.2, 0) is 0 Å². The van der Waals surface area contributed by atoms with Crippen LogP contribution in [0.25, 0.3) is 0 Å². The predicted octanol–water partition coefficient (Wildman–Crippen LogP) is 0.978. The van der Waals surface area contributed by atoms with Gasteiger partial charge in [0.05, 0.1) is 11.3 Å². The number of carboxylic acid groups (broad SMARTS) is 1. The lowest BCUT2D eigenvalue weighted by Crippen LogP contribution is -2.07. The Morgan fingerprint density at radius 3 is 2.69 bits per heavy atom. The first-order valence-electron chi connectivity index (χ1n) is 3.29. The molecule has 5 heteroatoms. The Bertz CT molecular complexity index is 409. The van der Waals surface area contributed by atoms with Crippen LogP contribution in [0, 0.1) is 17.1 Å². The first-order chi connectivity index (χ1) is 6.07. The van der Waals surface area contributed by atoms with Crippen LogP contribution in [-0.4, -0.2) is 11.1 Å². The second-order valence-electron chi connectivity index (χ2n) is 2.30. The maximum Gasteiger partial charge on any atom is 0.339 e. The predicted molar refractivity (Wildman–Crippen MR) is 42.5 cm³/mol. The van der Waals surface area contributed by atoms with E-state index in [2.05, 4.69) is 0 Å². The van der Waals surface area contributed by atoms with Crippen LogP contribution < -0.4 is 5.73 Å². The molecular weight excluding hydrogens is 175 g/mol. The Morgan fingerprint density at radius 2 is 2.23 bits per heavy atom. The van der Waals surface area contributed by atoms with Crippen molar-refractivity contribution in [1.29, 1.82) is 5.26 Å². The molecule has 0 radical (unpaired) electrons. The molecule has 0 aliphatic rings. The van der Waals surface area contributed by atoms with Gasteiger partial charge < -0.3 is 10.8 Å². The highest BCUT2D eigenvalue weighted by Crippen LogP contribution is 2.19. The maximum atomic E-state index is 12.8. The highest BCUT2D eigenvalue weighted by Gasteiger charge is 2.16. The zero-order valence-corrected chi connectivity index (χ0v) is 6.41. The van der Waals surface area contributed by atoms with Gasteiger partial charge in [0.15, 0.2) is 0 Å². The van der Waals surface area contributed by atoms with Crippen molar-refractivity contribution >= 4 is 11.7 Å². The largest absolute Gasteiger partial charge is 0.478 e. The second-order valence-corrected chi connectivity index (χ2v) is 2.30. The zero-order chi connectivity index (χ0) is 10.0. The van der Waals surface area contributed by atoms with Gasteiger partial charge in [-0.1, -0.05) is 0 Å². The molecule has 0 amide bonds. The summed E-state index contributed by atoms with van der Waals surface area (Å²) in [5.41, 5.74) is 4.01. The van der Waals surface area contributed by atoms with E-state index in [1.807, 2.05) is 0 Å². The molecule has 4 nitrogen and oxygen atoms in total. The van der Waals surface area contributed by atoms with E-state index in [-0.39, 0.29) is 5.56 Å². The first-order valence-corrected chi connectivity index (χ1v) is 3.29. The van der Waals surface area contributed by atoms with E-state index in [4.69, 9.17) is 16.1 Å². The number of benzene rings is 1. The van der Waals surface area contributed by atoms with Crippen LogP contribution >= 0.6 is 0 Å². The molecule has 0 aliphatic heterocycles. The number of rotatable bonds is 1. The normalized spacial score (nSPS) is 9.23. The molecular formula is C8H5FN2O2. The van der Waals surface area contributed by atoms with Crippen LogP contribution in [0.4, 0.5) is 10.1 Å². The quantitative estimate of drug-likeness (QED) is 0.630. The third kappa shape index (κ3) is 1.42. The minimum absolute atomic E-state index is 0.147. The number of hydrogen-bond donors (Lipinski definition) is 2. The van der Waals surface area contributed by atoms with E-state index in [1.54, 1.807) is 6.07 Å². The highest BCUT2D eigenvalue weighted by molar-refractivity contribution is 5.96. The number of anilines is 1.